The summed E-state index contributed by atoms with van der Waals surface area (Å²) in [6.45, 7) is 0.953. The molecule has 3 aliphatic heterocycles. The van der Waals surface area contributed by atoms with Gasteiger partial charge in [0.05, 0.1) is 11.7 Å². The van der Waals surface area contributed by atoms with E-state index in [0.717, 1.165) is 18.6 Å². The van der Waals surface area contributed by atoms with Crippen LogP contribution in [0.1, 0.15) is 19.3 Å². The van der Waals surface area contributed by atoms with Crippen molar-refractivity contribution in [1.82, 2.24) is 15.1 Å². The summed E-state index contributed by atoms with van der Waals surface area (Å²) in [5.41, 5.74) is -0.163. The number of hydrogen-bond acceptors (Lipinski definition) is 3. The van der Waals surface area contributed by atoms with Crippen molar-refractivity contribution in [2.45, 2.75) is 37.4 Å². The number of benzene rings is 1. The standard InChI is InChI=1S/C17H18F2N4O3/c18-9-3-4-11(10(19)8-9)20-17(26)21-12-5-7-23-14(12)16(25)22-6-1-2-13(22)15(23)24/h3-4,8,12-14H,1-2,5-7H2,(H2,20,21,26)/t12-,13-,14+/m1/s1. The first-order valence-corrected chi connectivity index (χ1v) is 8.59. The van der Waals surface area contributed by atoms with Crippen molar-refractivity contribution in [3.8, 4) is 0 Å². The molecule has 0 aromatic heterocycles. The number of halogens is 2. The molecule has 0 spiro atoms. The molecule has 7 nitrogen and oxygen atoms in total. The average molecular weight is 364 g/mol. The normalized spacial score (nSPS) is 27.4. The predicted octanol–water partition coefficient (Wildman–Crippen LogP) is 1.06. The zero-order chi connectivity index (χ0) is 18.4. The van der Waals surface area contributed by atoms with Crippen molar-refractivity contribution in [2.24, 2.45) is 0 Å². The van der Waals surface area contributed by atoms with Crippen LogP contribution in [-0.4, -0.2) is 58.9 Å². The van der Waals surface area contributed by atoms with Gasteiger partial charge in [0, 0.05) is 19.2 Å². The lowest BCUT2D eigenvalue weighted by molar-refractivity contribution is -0.157. The quantitative estimate of drug-likeness (QED) is 0.823. The van der Waals surface area contributed by atoms with Gasteiger partial charge in [-0.15, -0.1) is 0 Å². The summed E-state index contributed by atoms with van der Waals surface area (Å²) in [6.07, 6.45) is 1.92. The molecule has 2 N–H and O–H groups in total. The first-order chi connectivity index (χ1) is 12.5. The number of anilines is 1. The molecule has 138 valence electrons. The van der Waals surface area contributed by atoms with Crippen molar-refractivity contribution in [3.05, 3.63) is 29.8 Å². The van der Waals surface area contributed by atoms with Gasteiger partial charge in [-0.2, -0.15) is 0 Å². The fourth-order valence-electron chi connectivity index (χ4n) is 4.06. The molecule has 4 amide bonds. The molecule has 0 radical (unpaired) electrons. The van der Waals surface area contributed by atoms with Crippen LogP contribution >= 0.6 is 0 Å². The maximum atomic E-state index is 13.7. The van der Waals surface area contributed by atoms with Gasteiger partial charge in [0.15, 0.2) is 0 Å². The predicted molar refractivity (Wildman–Crippen MR) is 87.2 cm³/mol. The van der Waals surface area contributed by atoms with E-state index in [1.807, 2.05) is 0 Å². The van der Waals surface area contributed by atoms with E-state index in [1.165, 1.54) is 4.90 Å². The van der Waals surface area contributed by atoms with Crippen LogP contribution in [0.25, 0.3) is 0 Å². The number of hydrogen-bond donors (Lipinski definition) is 2. The van der Waals surface area contributed by atoms with Gasteiger partial charge in [0.2, 0.25) is 11.8 Å². The average Bonchev–Trinajstić information content (AvgIpc) is 3.23. The molecule has 1 aromatic rings. The third kappa shape index (κ3) is 2.67. The van der Waals surface area contributed by atoms with Crippen LogP contribution in [0.2, 0.25) is 0 Å². The highest BCUT2D eigenvalue weighted by atomic mass is 19.1. The summed E-state index contributed by atoms with van der Waals surface area (Å²) in [6, 6.07) is 0.481. The minimum absolute atomic E-state index is 0.0682. The number of amides is 4. The third-order valence-corrected chi connectivity index (χ3v) is 5.25. The molecule has 3 aliphatic rings. The highest BCUT2D eigenvalue weighted by molar-refractivity contribution is 5.99. The van der Waals surface area contributed by atoms with Gasteiger partial charge >= 0.3 is 6.03 Å². The number of fused-ring (bicyclic) bond motifs is 2. The van der Waals surface area contributed by atoms with Crippen molar-refractivity contribution in [2.75, 3.05) is 18.4 Å². The summed E-state index contributed by atoms with van der Waals surface area (Å²) >= 11 is 0. The lowest BCUT2D eigenvalue weighted by Gasteiger charge is -2.40. The Morgan fingerprint density at radius 1 is 1.08 bits per heavy atom. The smallest absolute Gasteiger partial charge is 0.319 e. The molecule has 0 bridgehead atoms. The second kappa shape index (κ2) is 6.22. The summed E-state index contributed by atoms with van der Waals surface area (Å²) in [5.74, 6) is -1.85. The van der Waals surface area contributed by atoms with Crippen LogP contribution in [0.4, 0.5) is 19.3 Å². The zero-order valence-corrected chi connectivity index (χ0v) is 13.9. The van der Waals surface area contributed by atoms with Crippen LogP contribution in [-0.2, 0) is 9.59 Å². The Morgan fingerprint density at radius 2 is 1.88 bits per heavy atom. The van der Waals surface area contributed by atoms with E-state index in [-0.39, 0.29) is 23.5 Å². The number of carbonyl (C=O) groups excluding carboxylic acids is 3. The number of nitrogens with one attached hydrogen (secondary N) is 2. The summed E-state index contributed by atoms with van der Waals surface area (Å²) in [4.78, 5) is 40.6. The van der Waals surface area contributed by atoms with Gasteiger partial charge < -0.3 is 20.4 Å². The molecular weight excluding hydrogens is 346 g/mol. The first kappa shape index (κ1) is 16.7. The summed E-state index contributed by atoms with van der Waals surface area (Å²) in [7, 11) is 0. The van der Waals surface area contributed by atoms with E-state index in [4.69, 9.17) is 0 Å². The number of rotatable bonds is 2. The Labute approximate surface area is 148 Å². The number of piperazine rings is 1. The second-order valence-electron chi connectivity index (χ2n) is 6.78. The van der Waals surface area contributed by atoms with E-state index in [9.17, 15) is 23.2 Å². The maximum Gasteiger partial charge on any atom is 0.319 e. The minimum Gasteiger partial charge on any atom is -0.332 e. The second-order valence-corrected chi connectivity index (χ2v) is 6.78. The Morgan fingerprint density at radius 3 is 2.65 bits per heavy atom. The van der Waals surface area contributed by atoms with Gasteiger partial charge in [-0.1, -0.05) is 0 Å². The van der Waals surface area contributed by atoms with E-state index < -0.39 is 29.7 Å². The van der Waals surface area contributed by atoms with Gasteiger partial charge in [0.1, 0.15) is 23.7 Å². The van der Waals surface area contributed by atoms with Gasteiger partial charge in [-0.05, 0) is 31.4 Å². The Hall–Kier alpha value is -2.71. The molecule has 9 heteroatoms. The van der Waals surface area contributed by atoms with Crippen LogP contribution in [0, 0.1) is 11.6 Å². The molecule has 1 aromatic carbocycles. The summed E-state index contributed by atoms with van der Waals surface area (Å²) in [5, 5.41) is 4.96. The van der Waals surface area contributed by atoms with E-state index in [2.05, 4.69) is 10.6 Å². The lowest BCUT2D eigenvalue weighted by Crippen LogP contribution is -2.64. The van der Waals surface area contributed by atoms with Gasteiger partial charge in [0.25, 0.3) is 0 Å². The Kier molecular flexibility index (Phi) is 4.01. The molecule has 3 heterocycles. The van der Waals surface area contributed by atoms with Crippen molar-refractivity contribution >= 4 is 23.5 Å². The van der Waals surface area contributed by atoms with E-state index in [1.54, 1.807) is 4.90 Å². The van der Waals surface area contributed by atoms with Gasteiger partial charge in [-0.3, -0.25) is 9.59 Å². The molecule has 3 atom stereocenters. The minimum atomic E-state index is -0.892. The first-order valence-electron chi connectivity index (χ1n) is 8.59. The monoisotopic (exact) mass is 364 g/mol. The topological polar surface area (TPSA) is 81.8 Å². The maximum absolute atomic E-state index is 13.7. The Balaban J connectivity index is 1.46. The fourth-order valence-corrected chi connectivity index (χ4v) is 4.06. The molecule has 3 fully saturated rings. The van der Waals surface area contributed by atoms with Gasteiger partial charge in [-0.25, -0.2) is 13.6 Å². The van der Waals surface area contributed by atoms with Crippen molar-refractivity contribution in [3.63, 3.8) is 0 Å². The number of carbonyl (C=O) groups is 3. The number of urea groups is 1. The van der Waals surface area contributed by atoms with Crippen molar-refractivity contribution in [1.29, 1.82) is 0 Å². The highest BCUT2D eigenvalue weighted by Crippen LogP contribution is 2.32. The van der Waals surface area contributed by atoms with Crippen LogP contribution < -0.4 is 10.6 Å². The van der Waals surface area contributed by atoms with Crippen LogP contribution in [0.5, 0.6) is 0 Å². The molecule has 4 rings (SSSR count). The Bertz CT molecular complexity index is 787. The SMILES string of the molecule is O=C(Nc1ccc(F)cc1F)N[C@@H]1CCN2C(=O)[C@H]3CCCN3C(=O)[C@H]12. The van der Waals surface area contributed by atoms with Crippen molar-refractivity contribution < 1.29 is 23.2 Å². The van der Waals surface area contributed by atoms with Crippen LogP contribution in [0.3, 0.4) is 0 Å². The fraction of sp³-hybridized carbons (Fsp3) is 0.471. The molecular formula is C17H18F2N4O3. The third-order valence-electron chi connectivity index (χ3n) is 5.25. The lowest BCUT2D eigenvalue weighted by atomic mass is 10.0. The highest BCUT2D eigenvalue weighted by Gasteiger charge is 2.53. The largest absolute Gasteiger partial charge is 0.332 e. The van der Waals surface area contributed by atoms with E-state index >= 15 is 0 Å². The molecule has 26 heavy (non-hydrogen) atoms. The zero-order valence-electron chi connectivity index (χ0n) is 13.9. The number of nitrogens with zero attached hydrogens (tertiary/aromatic N) is 2. The molecule has 3 saturated heterocycles. The molecule has 0 aliphatic carbocycles. The molecule has 0 saturated carbocycles. The van der Waals surface area contributed by atoms with Crippen LogP contribution in [0.15, 0.2) is 18.2 Å². The molecule has 0 unspecified atom stereocenters. The summed E-state index contributed by atoms with van der Waals surface area (Å²) < 4.78 is 26.6. The van der Waals surface area contributed by atoms with E-state index in [0.29, 0.717) is 32.0 Å².